The number of nitrogens with zero attached hydrogens (tertiary/aromatic N) is 3. The summed E-state index contributed by atoms with van der Waals surface area (Å²) in [6.45, 7) is 13.8. The molecule has 0 bridgehead atoms. The number of likely N-dealkylation sites (tertiary alicyclic amines) is 1. The molecule has 0 unspecified atom stereocenters. The molecule has 2 aromatic carbocycles. The van der Waals surface area contributed by atoms with Gasteiger partial charge in [0, 0.05) is 55.8 Å². The number of Topliss-reactive ketones (excluding diaryl/α,β-unsaturated/α-hetero) is 1. The standard InChI is InChI=1S/C42H52N6O4.C8H12O2.C6H8O2/c1-24-5-17-34(45-24)40-44-23-36(46-40)30-13-11-28(12-14-30)27-7-9-29(10-8-27)33-20-35(43-22-33)37-18-6-25(2)48(37)41(49)39(47-42(50)51-4)32-19-26(3)52-38(21-32)31-15-16-31;1-3-8-5-7(9)4-6(2)10-8;1-5-4-6(7)2-3-8-5/h7-14,22-26,31-32,34,37-39,45H,5-6,15-21H2,1-4H3,(H,44,46)(H,47,50);3,6,8H,1,4-5H2,2H3;2-3,5H,4H2,1H3/t24-,25-,26+,32-,34-,37-,38-,39-;6-,8-;5-/m011/s1. The lowest BCUT2D eigenvalue weighted by Crippen LogP contribution is -2.57. The van der Waals surface area contributed by atoms with Gasteiger partial charge in [0.05, 0.1) is 61.8 Å². The average molecular weight is 957 g/mol. The predicted octanol–water partition coefficient (Wildman–Crippen LogP) is 9.63. The molecule has 14 heteroatoms. The minimum Gasteiger partial charge on any atom is -0.498 e. The molecule has 0 spiro atoms. The van der Waals surface area contributed by atoms with Gasteiger partial charge in [-0.15, -0.1) is 6.58 Å². The minimum atomic E-state index is -0.658. The Bertz CT molecular complexity index is 2420. The first-order valence-electron chi connectivity index (χ1n) is 25.5. The number of alkyl carbamates (subject to hydrolysis) is 1. The van der Waals surface area contributed by atoms with Crippen molar-refractivity contribution >= 4 is 34.9 Å². The lowest BCUT2D eigenvalue weighted by Gasteiger charge is -2.40. The van der Waals surface area contributed by atoms with Crippen molar-refractivity contribution < 1.29 is 38.1 Å². The highest BCUT2D eigenvalue weighted by atomic mass is 16.5. The van der Waals surface area contributed by atoms with Crippen LogP contribution in [-0.2, 0) is 33.3 Å². The molecule has 7 aliphatic rings. The van der Waals surface area contributed by atoms with Crippen molar-refractivity contribution in [2.45, 2.75) is 172 Å². The normalized spacial score (nSPS) is 29.9. The van der Waals surface area contributed by atoms with E-state index in [4.69, 9.17) is 23.9 Å². The number of benzene rings is 2. The third kappa shape index (κ3) is 12.8. The number of H-pyrrole nitrogens is 1. The van der Waals surface area contributed by atoms with Gasteiger partial charge >= 0.3 is 6.09 Å². The first-order chi connectivity index (χ1) is 33.7. The second-order valence-corrected chi connectivity index (χ2v) is 20.4. The molecular formula is C56H72N6O8. The number of ether oxygens (including phenoxy) is 4. The van der Waals surface area contributed by atoms with Crippen LogP contribution in [0.15, 0.2) is 90.9 Å². The lowest BCUT2D eigenvalue weighted by atomic mass is 9.83. The Morgan fingerprint density at radius 1 is 0.843 bits per heavy atom. The summed E-state index contributed by atoms with van der Waals surface area (Å²) in [4.78, 5) is 63.6. The van der Waals surface area contributed by atoms with Crippen LogP contribution in [-0.4, -0.2) is 106 Å². The largest absolute Gasteiger partial charge is 0.498 e. The van der Waals surface area contributed by atoms with Gasteiger partial charge < -0.3 is 39.5 Å². The van der Waals surface area contributed by atoms with Crippen LogP contribution in [0, 0.1) is 11.8 Å². The molecule has 374 valence electrons. The Morgan fingerprint density at radius 3 is 2.17 bits per heavy atom. The number of nitrogens with one attached hydrogen (secondary N) is 3. The minimum absolute atomic E-state index is 0.00944. The van der Waals surface area contributed by atoms with Crippen molar-refractivity contribution in [1.82, 2.24) is 25.5 Å². The molecule has 2 amide bonds. The van der Waals surface area contributed by atoms with Gasteiger partial charge in [-0.3, -0.25) is 19.4 Å². The van der Waals surface area contributed by atoms with E-state index >= 15 is 0 Å². The molecule has 6 aliphatic heterocycles. The number of carbonyl (C=O) groups excluding carboxylic acids is 4. The number of allylic oxidation sites excluding steroid dienone is 2. The Hall–Kier alpha value is -5.70. The molecule has 1 aromatic heterocycles. The van der Waals surface area contributed by atoms with Crippen LogP contribution in [0.5, 0.6) is 0 Å². The number of imidazole rings is 1. The molecule has 11 atom stereocenters. The molecule has 4 saturated heterocycles. The van der Waals surface area contributed by atoms with Crippen LogP contribution in [0.1, 0.15) is 129 Å². The van der Waals surface area contributed by atoms with Crippen molar-refractivity contribution in [2.24, 2.45) is 16.8 Å². The number of aliphatic imine (C=N–C) groups is 1. The average Bonchev–Trinajstić information content (AvgIpc) is 3.67. The Kier molecular flexibility index (Phi) is 16.7. The van der Waals surface area contributed by atoms with Gasteiger partial charge in [-0.1, -0.05) is 54.6 Å². The van der Waals surface area contributed by atoms with Gasteiger partial charge in [-0.2, -0.15) is 0 Å². The zero-order valence-corrected chi connectivity index (χ0v) is 41.7. The molecule has 1 aliphatic carbocycles. The number of aromatic nitrogens is 2. The first-order valence-corrected chi connectivity index (χ1v) is 25.5. The van der Waals surface area contributed by atoms with E-state index in [0.29, 0.717) is 43.7 Å². The highest BCUT2D eigenvalue weighted by molar-refractivity contribution is 6.04. The first kappa shape index (κ1) is 50.7. The van der Waals surface area contributed by atoms with E-state index in [1.165, 1.54) is 38.7 Å². The third-order valence-corrected chi connectivity index (χ3v) is 14.7. The van der Waals surface area contributed by atoms with Crippen molar-refractivity contribution in [3.63, 3.8) is 0 Å². The topological polar surface area (TPSA) is 174 Å². The lowest BCUT2D eigenvalue weighted by molar-refractivity contribution is -0.140. The van der Waals surface area contributed by atoms with E-state index < -0.39 is 12.1 Å². The van der Waals surface area contributed by atoms with Crippen molar-refractivity contribution in [3.8, 4) is 22.4 Å². The van der Waals surface area contributed by atoms with E-state index in [1.54, 1.807) is 6.08 Å². The van der Waals surface area contributed by atoms with Gasteiger partial charge in [0.15, 0.2) is 5.78 Å². The van der Waals surface area contributed by atoms with Gasteiger partial charge in [-0.25, -0.2) is 9.78 Å². The molecule has 0 radical (unpaired) electrons. The second kappa shape index (κ2) is 23.0. The number of hydrogen-bond donors (Lipinski definition) is 3. The number of carbonyl (C=O) groups is 4. The van der Waals surface area contributed by atoms with Crippen LogP contribution >= 0.6 is 0 Å². The van der Waals surface area contributed by atoms with E-state index in [-0.39, 0.29) is 66.0 Å². The summed E-state index contributed by atoms with van der Waals surface area (Å²) in [5, 5.41) is 6.56. The molecule has 14 nitrogen and oxygen atoms in total. The van der Waals surface area contributed by atoms with Gasteiger partial charge in [-0.05, 0) is 126 Å². The van der Waals surface area contributed by atoms with Crippen LogP contribution in [0.3, 0.4) is 0 Å². The van der Waals surface area contributed by atoms with E-state index in [1.807, 2.05) is 31.1 Å². The molecular weight excluding hydrogens is 885 g/mol. The zero-order chi connectivity index (χ0) is 49.5. The number of aromatic amines is 1. The van der Waals surface area contributed by atoms with Gasteiger partial charge in [0.2, 0.25) is 5.91 Å². The smallest absolute Gasteiger partial charge is 0.407 e. The number of amides is 2. The fraction of sp³-hybridized carbons (Fsp3) is 0.536. The number of methoxy groups -OCH3 is 1. The summed E-state index contributed by atoms with van der Waals surface area (Å²) in [5.41, 5.74) is 7.77. The van der Waals surface area contributed by atoms with Crippen molar-refractivity contribution in [3.05, 3.63) is 97.3 Å². The van der Waals surface area contributed by atoms with E-state index in [0.717, 1.165) is 77.2 Å². The van der Waals surface area contributed by atoms with Crippen molar-refractivity contribution in [1.29, 1.82) is 0 Å². The summed E-state index contributed by atoms with van der Waals surface area (Å²) >= 11 is 0. The van der Waals surface area contributed by atoms with Crippen molar-refractivity contribution in [2.75, 3.05) is 7.11 Å². The maximum Gasteiger partial charge on any atom is 0.407 e. The summed E-state index contributed by atoms with van der Waals surface area (Å²) < 4.78 is 21.6. The fourth-order valence-electron chi connectivity index (χ4n) is 10.8. The predicted molar refractivity (Wildman–Crippen MR) is 271 cm³/mol. The Labute approximate surface area is 413 Å². The Morgan fingerprint density at radius 2 is 1.56 bits per heavy atom. The highest BCUT2D eigenvalue weighted by Crippen LogP contribution is 2.43. The third-order valence-electron chi connectivity index (χ3n) is 14.7. The number of hydrogen-bond acceptors (Lipinski definition) is 11. The molecule has 10 rings (SSSR count). The quantitative estimate of drug-likeness (QED) is 0.166. The van der Waals surface area contributed by atoms with E-state index in [2.05, 4.69) is 96.5 Å². The monoisotopic (exact) mass is 957 g/mol. The van der Waals surface area contributed by atoms with Crippen LogP contribution in [0.25, 0.3) is 28.0 Å². The van der Waals surface area contributed by atoms with Crippen LogP contribution < -0.4 is 10.6 Å². The van der Waals surface area contributed by atoms with Crippen LogP contribution in [0.2, 0.25) is 0 Å². The summed E-state index contributed by atoms with van der Waals surface area (Å²) in [6.07, 6.45) is 18.4. The molecule has 7 heterocycles. The summed E-state index contributed by atoms with van der Waals surface area (Å²) in [6, 6.07) is 17.4. The molecule has 1 saturated carbocycles. The summed E-state index contributed by atoms with van der Waals surface area (Å²) in [5.74, 6) is 1.97. The van der Waals surface area contributed by atoms with Crippen LogP contribution in [0.4, 0.5) is 4.79 Å². The molecule has 3 N–H and O–H groups in total. The van der Waals surface area contributed by atoms with Gasteiger partial charge in [0.25, 0.3) is 0 Å². The number of rotatable bonds is 10. The second-order valence-electron chi connectivity index (χ2n) is 20.4. The fourth-order valence-corrected chi connectivity index (χ4v) is 10.8. The maximum absolute atomic E-state index is 14.5. The Balaban J connectivity index is 0.000000306. The SMILES string of the molecule is C=C[C@@H]1CC(=O)C[C@@H](C)O1.COC(=O)N[C@H](C(=O)N1[C@@H](C)CC[C@H]1C1=NC=C(c2ccc(-c3ccc(-c4cnc([C@@H]5CC[C@H](C)N5)[nH]4)cc3)cc2)C1)[C@H]1C[C@@H](C)O[C@H](C2CC2)C1.C[C@@H]1CC(=O)C=CO1. The maximum atomic E-state index is 14.5. The summed E-state index contributed by atoms with van der Waals surface area (Å²) in [7, 11) is 1.35. The number of ketones is 2. The zero-order valence-electron chi connectivity index (χ0n) is 41.7. The molecule has 3 aromatic rings. The molecule has 70 heavy (non-hydrogen) atoms. The van der Waals surface area contributed by atoms with E-state index in [9.17, 15) is 19.2 Å². The highest BCUT2D eigenvalue weighted by Gasteiger charge is 2.47. The molecule has 5 fully saturated rings. The van der Waals surface area contributed by atoms with Gasteiger partial charge in [0.1, 0.15) is 23.8 Å².